The van der Waals surface area contributed by atoms with Crippen LogP contribution in [0.25, 0.3) is 11.4 Å². The Kier molecular flexibility index (Phi) is 5.55. The number of halogens is 3. The van der Waals surface area contributed by atoms with Crippen LogP contribution in [0.3, 0.4) is 0 Å². The zero-order chi connectivity index (χ0) is 17.8. The first kappa shape index (κ1) is 17.7. The van der Waals surface area contributed by atoms with Gasteiger partial charge in [0.25, 0.3) is 0 Å². The number of rotatable bonds is 6. The van der Waals surface area contributed by atoms with Crippen LogP contribution in [-0.4, -0.2) is 21.4 Å². The zero-order valence-corrected chi connectivity index (χ0v) is 14.8. The number of aromatic nitrogens is 3. The summed E-state index contributed by atoms with van der Waals surface area (Å²) in [5.41, 5.74) is 1.78. The van der Waals surface area contributed by atoms with Crippen molar-refractivity contribution in [3.8, 4) is 17.1 Å². The Labute approximate surface area is 152 Å². The number of benzene rings is 2. The van der Waals surface area contributed by atoms with E-state index in [0.717, 1.165) is 22.1 Å². The molecule has 8 heteroatoms. The molecule has 130 valence electrons. The highest BCUT2D eigenvalue weighted by molar-refractivity contribution is 7.98. The number of alkyl halides is 2. The van der Waals surface area contributed by atoms with Crippen LogP contribution < -0.4 is 4.74 Å². The molecule has 0 saturated heterocycles. The van der Waals surface area contributed by atoms with Gasteiger partial charge in [0.05, 0.1) is 0 Å². The van der Waals surface area contributed by atoms with Crippen molar-refractivity contribution in [1.82, 2.24) is 14.8 Å². The van der Waals surface area contributed by atoms with Crippen LogP contribution in [0.15, 0.2) is 53.7 Å². The third-order valence-corrected chi connectivity index (χ3v) is 4.77. The van der Waals surface area contributed by atoms with Gasteiger partial charge in [0.2, 0.25) is 0 Å². The summed E-state index contributed by atoms with van der Waals surface area (Å²) in [5.74, 6) is 1.44. The third-order valence-electron chi connectivity index (χ3n) is 3.43. The topological polar surface area (TPSA) is 39.9 Å². The Balaban J connectivity index is 1.71. The number of ether oxygens (including phenoxy) is 1. The molecule has 0 N–H and O–H groups in total. The van der Waals surface area contributed by atoms with E-state index in [4.69, 9.17) is 11.6 Å². The van der Waals surface area contributed by atoms with Gasteiger partial charge in [0.15, 0.2) is 11.0 Å². The van der Waals surface area contributed by atoms with Gasteiger partial charge >= 0.3 is 6.61 Å². The largest absolute Gasteiger partial charge is 0.435 e. The van der Waals surface area contributed by atoms with Gasteiger partial charge < -0.3 is 9.30 Å². The minimum atomic E-state index is -2.83. The van der Waals surface area contributed by atoms with E-state index in [0.29, 0.717) is 10.8 Å². The van der Waals surface area contributed by atoms with Gasteiger partial charge in [-0.15, -0.1) is 10.2 Å². The first-order chi connectivity index (χ1) is 12.0. The molecule has 0 fully saturated rings. The van der Waals surface area contributed by atoms with Gasteiger partial charge in [-0.2, -0.15) is 8.78 Å². The molecule has 25 heavy (non-hydrogen) atoms. The summed E-state index contributed by atoms with van der Waals surface area (Å²) in [4.78, 5) is 0. The first-order valence-electron chi connectivity index (χ1n) is 7.35. The molecular weight excluding hydrogens is 368 g/mol. The van der Waals surface area contributed by atoms with Crippen molar-refractivity contribution in [3.63, 3.8) is 0 Å². The van der Waals surface area contributed by atoms with Crippen LogP contribution in [0.2, 0.25) is 5.02 Å². The molecule has 1 aromatic heterocycles. The molecule has 1 heterocycles. The summed E-state index contributed by atoms with van der Waals surface area (Å²) < 4.78 is 30.9. The molecule has 0 aliphatic rings. The first-order valence-corrected chi connectivity index (χ1v) is 8.71. The molecule has 0 unspecified atom stereocenters. The standard InChI is InChI=1S/C17H14ClF2N3OS/c1-23-15(12-5-7-13(18)8-6-12)21-22-17(23)25-10-11-3-2-4-14(9-11)24-16(19)20/h2-9,16H,10H2,1H3. The molecule has 0 atom stereocenters. The zero-order valence-electron chi connectivity index (χ0n) is 13.2. The summed E-state index contributed by atoms with van der Waals surface area (Å²) in [6.45, 7) is -2.83. The van der Waals surface area contributed by atoms with E-state index in [-0.39, 0.29) is 5.75 Å². The maximum absolute atomic E-state index is 12.3. The molecule has 0 bridgehead atoms. The lowest BCUT2D eigenvalue weighted by atomic mass is 10.2. The molecular formula is C17H14ClF2N3OS. The molecule has 0 aliphatic heterocycles. The van der Waals surface area contributed by atoms with Gasteiger partial charge in [-0.05, 0) is 42.0 Å². The molecule has 3 aromatic rings. The van der Waals surface area contributed by atoms with E-state index in [1.165, 1.54) is 17.8 Å². The molecule has 0 spiro atoms. The van der Waals surface area contributed by atoms with Crippen molar-refractivity contribution in [2.75, 3.05) is 0 Å². The summed E-state index contributed by atoms with van der Waals surface area (Å²) in [7, 11) is 1.88. The lowest BCUT2D eigenvalue weighted by molar-refractivity contribution is -0.0498. The van der Waals surface area contributed by atoms with E-state index >= 15 is 0 Å². The predicted octanol–water partition coefficient (Wildman–Crippen LogP) is 5.03. The van der Waals surface area contributed by atoms with Crippen molar-refractivity contribution < 1.29 is 13.5 Å². The molecule has 4 nitrogen and oxygen atoms in total. The molecule has 0 amide bonds. The van der Waals surface area contributed by atoms with E-state index in [1.807, 2.05) is 29.8 Å². The number of nitrogens with zero attached hydrogens (tertiary/aromatic N) is 3. The second-order valence-electron chi connectivity index (χ2n) is 5.19. The fourth-order valence-electron chi connectivity index (χ4n) is 2.25. The number of hydrogen-bond acceptors (Lipinski definition) is 4. The van der Waals surface area contributed by atoms with E-state index in [2.05, 4.69) is 14.9 Å². The van der Waals surface area contributed by atoms with Crippen LogP contribution >= 0.6 is 23.4 Å². The van der Waals surface area contributed by atoms with Crippen LogP contribution in [0, 0.1) is 0 Å². The van der Waals surface area contributed by atoms with Crippen LogP contribution in [0.1, 0.15) is 5.56 Å². The Morgan fingerprint density at radius 1 is 1.16 bits per heavy atom. The average Bonchev–Trinajstić information content (AvgIpc) is 2.94. The maximum atomic E-state index is 12.3. The van der Waals surface area contributed by atoms with Gasteiger partial charge in [-0.3, -0.25) is 0 Å². The molecule has 2 aromatic carbocycles. The summed E-state index contributed by atoms with van der Waals surface area (Å²) in [5, 5.41) is 9.79. The van der Waals surface area contributed by atoms with Gasteiger partial charge in [-0.25, -0.2) is 0 Å². The minimum absolute atomic E-state index is 0.146. The highest BCUT2D eigenvalue weighted by Gasteiger charge is 2.12. The fourth-order valence-corrected chi connectivity index (χ4v) is 3.23. The van der Waals surface area contributed by atoms with Crippen LogP contribution in [-0.2, 0) is 12.8 Å². The lowest BCUT2D eigenvalue weighted by Crippen LogP contribution is -2.02. The average molecular weight is 382 g/mol. The van der Waals surface area contributed by atoms with Crippen LogP contribution in [0.5, 0.6) is 5.75 Å². The summed E-state index contributed by atoms with van der Waals surface area (Å²) >= 11 is 7.37. The normalized spacial score (nSPS) is 11.1. The van der Waals surface area contributed by atoms with Crippen molar-refractivity contribution in [2.45, 2.75) is 17.5 Å². The van der Waals surface area contributed by atoms with Crippen molar-refractivity contribution >= 4 is 23.4 Å². The highest BCUT2D eigenvalue weighted by atomic mass is 35.5. The summed E-state index contributed by atoms with van der Waals surface area (Å²) in [6.07, 6.45) is 0. The number of thioether (sulfide) groups is 1. The van der Waals surface area contributed by atoms with Crippen LogP contribution in [0.4, 0.5) is 8.78 Å². The lowest BCUT2D eigenvalue weighted by Gasteiger charge is -2.07. The Bertz CT molecular complexity index is 855. The monoisotopic (exact) mass is 381 g/mol. The third kappa shape index (κ3) is 4.49. The predicted molar refractivity (Wildman–Crippen MR) is 94.1 cm³/mol. The van der Waals surface area contributed by atoms with Gasteiger partial charge in [0.1, 0.15) is 5.75 Å². The van der Waals surface area contributed by atoms with Crippen molar-refractivity contribution in [1.29, 1.82) is 0 Å². The molecule has 0 saturated carbocycles. The smallest absolute Gasteiger partial charge is 0.387 e. The molecule has 0 radical (unpaired) electrons. The van der Waals surface area contributed by atoms with Crippen molar-refractivity contribution in [3.05, 3.63) is 59.1 Å². The van der Waals surface area contributed by atoms with Gasteiger partial charge in [0, 0.05) is 23.4 Å². The summed E-state index contributed by atoms with van der Waals surface area (Å²) in [6, 6.07) is 14.0. The SMILES string of the molecule is Cn1c(SCc2cccc(OC(F)F)c2)nnc1-c1ccc(Cl)cc1. The Morgan fingerprint density at radius 3 is 2.64 bits per heavy atom. The Hall–Kier alpha value is -2.12. The number of hydrogen-bond donors (Lipinski definition) is 0. The quantitative estimate of drug-likeness (QED) is 0.561. The molecule has 0 aliphatic carbocycles. The Morgan fingerprint density at radius 2 is 1.92 bits per heavy atom. The van der Waals surface area contributed by atoms with E-state index in [9.17, 15) is 8.78 Å². The van der Waals surface area contributed by atoms with E-state index in [1.54, 1.807) is 24.3 Å². The minimum Gasteiger partial charge on any atom is -0.435 e. The fraction of sp³-hybridized carbons (Fsp3) is 0.176. The van der Waals surface area contributed by atoms with Crippen molar-refractivity contribution in [2.24, 2.45) is 7.05 Å². The molecule has 3 rings (SSSR count). The second kappa shape index (κ2) is 7.84. The second-order valence-corrected chi connectivity index (χ2v) is 6.57. The highest BCUT2D eigenvalue weighted by Crippen LogP contribution is 2.27. The van der Waals surface area contributed by atoms with Gasteiger partial charge in [-0.1, -0.05) is 35.5 Å². The maximum Gasteiger partial charge on any atom is 0.387 e. The van der Waals surface area contributed by atoms with E-state index < -0.39 is 6.61 Å².